The number of aromatic nitrogens is 5. The maximum Gasteiger partial charge on any atom is 0.246 e. The Morgan fingerprint density at radius 3 is 2.47 bits per heavy atom. The molecule has 14 nitrogen and oxygen atoms in total. The Bertz CT molecular complexity index is 2160. The van der Waals surface area contributed by atoms with Gasteiger partial charge in [0, 0.05) is 48.8 Å². The molecule has 1 saturated heterocycles. The molecule has 0 bridgehead atoms. The normalized spacial score (nSPS) is 16.8. The number of amides is 3. The first-order chi connectivity index (χ1) is 26.2. The van der Waals surface area contributed by atoms with Gasteiger partial charge in [-0.25, -0.2) is 4.98 Å². The lowest BCUT2D eigenvalue weighted by atomic mass is 9.85. The summed E-state index contributed by atoms with van der Waals surface area (Å²) in [6, 6.07) is 14.3. The molecule has 3 aromatic heterocycles. The third kappa shape index (κ3) is 9.01. The highest BCUT2D eigenvalue weighted by molar-refractivity contribution is 7.13. The van der Waals surface area contributed by atoms with Gasteiger partial charge in [-0.3, -0.25) is 19.1 Å². The van der Waals surface area contributed by atoms with Gasteiger partial charge in [-0.15, -0.1) is 21.5 Å². The van der Waals surface area contributed by atoms with Crippen LogP contribution in [0.15, 0.2) is 72.5 Å². The van der Waals surface area contributed by atoms with Crippen molar-refractivity contribution >= 4 is 34.9 Å². The summed E-state index contributed by atoms with van der Waals surface area (Å²) in [5.74, 6) is -0.814. The lowest BCUT2D eigenvalue weighted by Gasteiger charge is -2.35. The van der Waals surface area contributed by atoms with Gasteiger partial charge in [-0.1, -0.05) is 57.2 Å². The molecule has 0 radical (unpaired) electrons. The Morgan fingerprint density at radius 2 is 1.78 bits per heavy atom. The van der Waals surface area contributed by atoms with E-state index in [1.54, 1.807) is 58.7 Å². The van der Waals surface area contributed by atoms with Gasteiger partial charge in [-0.2, -0.15) is 5.10 Å². The average Bonchev–Trinajstić information content (AvgIpc) is 3.90. The predicted octanol–water partition coefficient (Wildman–Crippen LogP) is 4.88. The summed E-state index contributed by atoms with van der Waals surface area (Å²) in [6.07, 6.45) is 3.22. The van der Waals surface area contributed by atoms with Crippen LogP contribution < -0.4 is 16.4 Å². The molecule has 0 saturated carbocycles. The molecule has 288 valence electrons. The minimum Gasteiger partial charge on any atom is -0.507 e. The lowest BCUT2D eigenvalue weighted by Crippen LogP contribution is -2.57. The molecule has 0 aliphatic carbocycles. The van der Waals surface area contributed by atoms with Crippen molar-refractivity contribution in [2.24, 2.45) is 5.41 Å². The summed E-state index contributed by atoms with van der Waals surface area (Å²) >= 11 is 1.57. The smallest absolute Gasteiger partial charge is 0.246 e. The van der Waals surface area contributed by atoms with Crippen LogP contribution in [-0.2, 0) is 20.9 Å². The van der Waals surface area contributed by atoms with Crippen LogP contribution >= 0.6 is 11.3 Å². The van der Waals surface area contributed by atoms with E-state index in [0.717, 1.165) is 21.7 Å². The molecular formula is C40H47N9O5S. The van der Waals surface area contributed by atoms with E-state index in [0.29, 0.717) is 35.3 Å². The van der Waals surface area contributed by atoms with Crippen LogP contribution in [0.2, 0.25) is 0 Å². The Kier molecular flexibility index (Phi) is 11.6. The highest BCUT2D eigenvalue weighted by Gasteiger charge is 2.44. The Hall–Kier alpha value is -5.67. The van der Waals surface area contributed by atoms with E-state index in [4.69, 9.17) is 5.73 Å². The number of aromatic hydroxyl groups is 1. The van der Waals surface area contributed by atoms with E-state index >= 15 is 0 Å². The summed E-state index contributed by atoms with van der Waals surface area (Å²) < 4.78 is 1.70. The SMILES string of the molecule is Cc1ncsc1-c1ccc(C(C)NC(=O)C2CC(O)CN2C(=O)C(NC(=O)CCCn2cc(-c3cc(-c4ccccc4O)nnc3N)cn2)C(C)(C)C)cc1. The van der Waals surface area contributed by atoms with Crippen molar-refractivity contribution in [1.29, 1.82) is 0 Å². The minimum atomic E-state index is -0.933. The number of para-hydroxylation sites is 1. The number of anilines is 1. The zero-order valence-corrected chi connectivity index (χ0v) is 32.4. The number of nitrogens with two attached hydrogens (primary N) is 1. The van der Waals surface area contributed by atoms with Crippen molar-refractivity contribution in [2.45, 2.75) is 84.7 Å². The van der Waals surface area contributed by atoms with Crippen molar-refractivity contribution in [1.82, 2.24) is 40.5 Å². The van der Waals surface area contributed by atoms with Gasteiger partial charge in [-0.05, 0) is 55.0 Å². The molecular weight excluding hydrogens is 719 g/mol. The van der Waals surface area contributed by atoms with Crippen molar-refractivity contribution in [3.63, 3.8) is 0 Å². The molecule has 2 aromatic carbocycles. The number of hydrogen-bond donors (Lipinski definition) is 5. The maximum absolute atomic E-state index is 14.1. The number of phenols is 1. The summed E-state index contributed by atoms with van der Waals surface area (Å²) in [6.45, 7) is 9.81. The number of hydrogen-bond acceptors (Lipinski definition) is 11. The third-order valence-corrected chi connectivity index (χ3v) is 10.8. The molecule has 1 aliphatic heterocycles. The Labute approximate surface area is 323 Å². The summed E-state index contributed by atoms with van der Waals surface area (Å²) in [5.41, 5.74) is 12.5. The molecule has 0 spiro atoms. The number of nitrogens with zero attached hydrogens (tertiary/aromatic N) is 6. The van der Waals surface area contributed by atoms with E-state index in [1.165, 1.54) is 4.90 Å². The molecule has 4 unspecified atom stereocenters. The van der Waals surface area contributed by atoms with Gasteiger partial charge in [0.05, 0.1) is 40.1 Å². The fraction of sp³-hybridized carbons (Fsp3) is 0.375. The molecule has 15 heteroatoms. The summed E-state index contributed by atoms with van der Waals surface area (Å²) in [4.78, 5) is 47.8. The number of carbonyl (C=O) groups excluding carboxylic acids is 3. The highest BCUT2D eigenvalue weighted by Crippen LogP contribution is 2.33. The van der Waals surface area contributed by atoms with Crippen LogP contribution in [0.5, 0.6) is 5.75 Å². The topological polar surface area (TPSA) is 201 Å². The number of carbonyl (C=O) groups is 3. The van der Waals surface area contributed by atoms with Crippen LogP contribution in [0.4, 0.5) is 5.82 Å². The second-order valence-corrected chi connectivity index (χ2v) is 15.9. The lowest BCUT2D eigenvalue weighted by molar-refractivity contribution is -0.144. The minimum absolute atomic E-state index is 0.0101. The highest BCUT2D eigenvalue weighted by atomic mass is 32.1. The number of nitrogen functional groups attached to an aromatic ring is 1. The van der Waals surface area contributed by atoms with E-state index in [-0.39, 0.29) is 48.8 Å². The predicted molar refractivity (Wildman–Crippen MR) is 210 cm³/mol. The summed E-state index contributed by atoms with van der Waals surface area (Å²) in [5, 5.41) is 39.5. The average molecular weight is 766 g/mol. The van der Waals surface area contributed by atoms with Gasteiger partial charge in [0.25, 0.3) is 0 Å². The van der Waals surface area contributed by atoms with Crippen LogP contribution in [-0.4, -0.2) is 82.5 Å². The third-order valence-electron chi connectivity index (χ3n) is 9.80. The largest absolute Gasteiger partial charge is 0.507 e. The zero-order chi connectivity index (χ0) is 39.4. The number of β-amino-alcohol motifs (C(OH)–C–C–N with tert-alkyl or cyclic N) is 1. The number of benzene rings is 2. The van der Waals surface area contributed by atoms with Crippen molar-refractivity contribution < 1.29 is 24.6 Å². The number of nitrogens with one attached hydrogen (secondary N) is 2. The maximum atomic E-state index is 14.1. The van der Waals surface area contributed by atoms with Gasteiger partial charge >= 0.3 is 0 Å². The molecule has 55 heavy (non-hydrogen) atoms. The van der Waals surface area contributed by atoms with Crippen LogP contribution in [0, 0.1) is 12.3 Å². The van der Waals surface area contributed by atoms with Gasteiger partial charge < -0.3 is 31.5 Å². The zero-order valence-electron chi connectivity index (χ0n) is 31.6. The molecule has 6 N–H and O–H groups in total. The number of likely N-dealkylation sites (tertiary alicyclic amines) is 1. The molecule has 1 aliphatic rings. The molecule has 4 atom stereocenters. The number of aryl methyl sites for hydroxylation is 2. The van der Waals surface area contributed by atoms with Gasteiger partial charge in [0.1, 0.15) is 17.8 Å². The number of rotatable bonds is 12. The van der Waals surface area contributed by atoms with Crippen molar-refractivity contribution in [2.75, 3.05) is 12.3 Å². The first kappa shape index (κ1) is 39.0. The van der Waals surface area contributed by atoms with Crippen LogP contribution in [0.3, 0.4) is 0 Å². The van der Waals surface area contributed by atoms with Crippen LogP contribution in [0.25, 0.3) is 32.8 Å². The number of aliphatic hydroxyl groups excluding tert-OH is 1. The molecule has 3 amide bonds. The molecule has 6 rings (SSSR count). The second-order valence-electron chi connectivity index (χ2n) is 15.0. The number of phenolic OH excluding ortho intramolecular Hbond substituents is 1. The number of aliphatic hydroxyl groups is 1. The Morgan fingerprint density at radius 1 is 1.04 bits per heavy atom. The van der Waals surface area contributed by atoms with E-state index in [9.17, 15) is 24.6 Å². The Balaban J connectivity index is 1.05. The van der Waals surface area contributed by atoms with Crippen LogP contribution in [0.1, 0.15) is 64.3 Å². The molecule has 1 fully saturated rings. The van der Waals surface area contributed by atoms with E-state index in [1.807, 2.05) is 64.4 Å². The van der Waals surface area contributed by atoms with Gasteiger partial charge in [0.2, 0.25) is 17.7 Å². The molecule has 4 heterocycles. The van der Waals surface area contributed by atoms with E-state index in [2.05, 4.69) is 30.9 Å². The quantitative estimate of drug-likeness (QED) is 0.117. The monoisotopic (exact) mass is 765 g/mol. The first-order valence-electron chi connectivity index (χ1n) is 18.2. The fourth-order valence-electron chi connectivity index (χ4n) is 6.73. The second kappa shape index (κ2) is 16.4. The fourth-order valence-corrected chi connectivity index (χ4v) is 7.54. The van der Waals surface area contributed by atoms with Crippen molar-refractivity contribution in [3.8, 4) is 38.6 Å². The molecule has 5 aromatic rings. The first-order valence-corrected chi connectivity index (χ1v) is 19.1. The number of thiazole rings is 1. The van der Waals surface area contributed by atoms with Crippen molar-refractivity contribution in [3.05, 3.63) is 83.8 Å². The van der Waals surface area contributed by atoms with E-state index < -0.39 is 29.5 Å². The van der Waals surface area contributed by atoms with Gasteiger partial charge in [0.15, 0.2) is 5.82 Å². The standard InChI is InChI=1S/C40H47N9O5S/c1-23(25-12-14-26(15-13-25)35-24(2)42-22-55-35)44-38(53)32-17-28(50)21-49(32)39(54)36(40(3,4)5)45-34(52)11-8-16-48-20-27(19-43-48)30-18-31(46-47-37(30)41)29-9-6-7-10-33(29)51/h6-7,9-10,12-15,18-20,22-23,28,32,36,50-51H,8,11,16-17,21H2,1-5H3,(H2,41,47)(H,44,53)(H,45,52). The summed E-state index contributed by atoms with van der Waals surface area (Å²) in [7, 11) is 0.